The van der Waals surface area contributed by atoms with Gasteiger partial charge in [-0.3, -0.25) is 23.9 Å². The fourth-order valence-electron chi connectivity index (χ4n) is 2.52. The molecule has 1 aromatic rings. The number of allylic oxidation sites excluding steroid dienone is 1. The maximum Gasteiger partial charge on any atom is 0.330 e. The van der Waals surface area contributed by atoms with Gasteiger partial charge in [0.05, 0.1) is 11.6 Å². The third kappa shape index (κ3) is 4.67. The number of hydrogen-bond acceptors (Lipinski definition) is 8. The average molecular weight is 363 g/mol. The van der Waals surface area contributed by atoms with Crippen molar-refractivity contribution in [2.45, 2.75) is 38.7 Å². The molecule has 0 aromatic carbocycles. The third-order valence-electron chi connectivity index (χ3n) is 3.59. The van der Waals surface area contributed by atoms with Crippen LogP contribution in [0.3, 0.4) is 0 Å². The van der Waals surface area contributed by atoms with Crippen LogP contribution in [0.15, 0.2) is 21.9 Å². The van der Waals surface area contributed by atoms with E-state index >= 15 is 0 Å². The van der Waals surface area contributed by atoms with E-state index < -0.39 is 41.6 Å². The summed E-state index contributed by atoms with van der Waals surface area (Å²) in [6.07, 6.45) is 1.39. The van der Waals surface area contributed by atoms with Crippen molar-refractivity contribution in [2.24, 2.45) is 0 Å². The summed E-state index contributed by atoms with van der Waals surface area (Å²) < 4.78 is 16.9. The average Bonchev–Trinajstić information content (AvgIpc) is 2.94. The Bertz CT molecular complexity index is 877. The number of carbonyl (C=O) groups is 2. The lowest BCUT2D eigenvalue weighted by molar-refractivity contribution is -0.155. The number of aromatic nitrogens is 2. The van der Waals surface area contributed by atoms with E-state index in [1.54, 1.807) is 6.07 Å². The van der Waals surface area contributed by atoms with E-state index in [1.165, 1.54) is 26.1 Å². The minimum absolute atomic E-state index is 0.0854. The van der Waals surface area contributed by atoms with Crippen molar-refractivity contribution in [3.05, 3.63) is 38.7 Å². The van der Waals surface area contributed by atoms with Gasteiger partial charge in [-0.05, 0) is 6.08 Å². The largest absolute Gasteiger partial charge is 0.463 e. The predicted molar refractivity (Wildman–Crippen MR) is 86.7 cm³/mol. The minimum Gasteiger partial charge on any atom is -0.463 e. The number of hydrogen-bond donors (Lipinski definition) is 1. The zero-order valence-corrected chi connectivity index (χ0v) is 14.1. The molecule has 0 bridgehead atoms. The topological polar surface area (TPSA) is 140 Å². The zero-order valence-electron chi connectivity index (χ0n) is 14.1. The molecule has 1 aliphatic rings. The molecule has 2 rings (SSSR count). The summed E-state index contributed by atoms with van der Waals surface area (Å²) in [5.74, 6) is -1.07. The molecule has 1 aromatic heterocycles. The second-order valence-electron chi connectivity index (χ2n) is 5.53. The molecule has 0 aliphatic carbocycles. The van der Waals surface area contributed by atoms with Gasteiger partial charge in [-0.25, -0.2) is 4.79 Å². The molecule has 10 nitrogen and oxygen atoms in total. The smallest absolute Gasteiger partial charge is 0.330 e. The summed E-state index contributed by atoms with van der Waals surface area (Å²) in [6.45, 7) is 2.31. The molecule has 1 saturated heterocycles. The molecule has 0 spiro atoms. The Hall–Kier alpha value is -3.19. The van der Waals surface area contributed by atoms with Gasteiger partial charge in [0.1, 0.15) is 25.0 Å². The molecule has 1 aliphatic heterocycles. The van der Waals surface area contributed by atoms with Crippen LogP contribution in [-0.4, -0.2) is 40.3 Å². The van der Waals surface area contributed by atoms with Crippen molar-refractivity contribution >= 4 is 18.0 Å². The first-order chi connectivity index (χ1) is 12.3. The Morgan fingerprint density at radius 1 is 1.42 bits per heavy atom. The molecule has 2 heterocycles. The van der Waals surface area contributed by atoms with Crippen LogP contribution in [-0.2, 0) is 23.8 Å². The number of H-pyrrole nitrogens is 1. The highest BCUT2D eigenvalue weighted by Gasteiger charge is 2.39. The molecule has 0 saturated carbocycles. The SMILES string of the molecule is CC(=O)OC[C@H]1O[C@@H](n2cc(/C=C/C#N)c(=O)[nH]c2=O)C[C@@H]1OC(C)=O. The van der Waals surface area contributed by atoms with Crippen LogP contribution in [0, 0.1) is 11.3 Å². The Morgan fingerprint density at radius 3 is 2.77 bits per heavy atom. The van der Waals surface area contributed by atoms with Crippen molar-refractivity contribution < 1.29 is 23.8 Å². The molecule has 0 radical (unpaired) electrons. The lowest BCUT2D eigenvalue weighted by atomic mass is 10.2. The van der Waals surface area contributed by atoms with Gasteiger partial charge in [0, 0.05) is 32.5 Å². The monoisotopic (exact) mass is 363 g/mol. The summed E-state index contributed by atoms with van der Waals surface area (Å²) in [7, 11) is 0. The van der Waals surface area contributed by atoms with Crippen molar-refractivity contribution in [1.29, 1.82) is 5.26 Å². The van der Waals surface area contributed by atoms with E-state index in [9.17, 15) is 19.2 Å². The first-order valence-corrected chi connectivity index (χ1v) is 7.69. The molecule has 1 fully saturated rings. The Balaban J connectivity index is 2.30. The highest BCUT2D eigenvalue weighted by atomic mass is 16.6. The van der Waals surface area contributed by atoms with Gasteiger partial charge in [-0.1, -0.05) is 0 Å². The standard InChI is InChI=1S/C16H17N3O7/c1-9(20)24-8-13-12(25-10(2)21)6-14(26-13)19-7-11(4-3-5-17)15(22)18-16(19)23/h3-4,7,12-14H,6,8H2,1-2H3,(H,18,22,23)/b4-3+/t12-,13+,14+/m0/s1. The summed E-state index contributed by atoms with van der Waals surface area (Å²) in [5.41, 5.74) is -1.28. The van der Waals surface area contributed by atoms with Crippen molar-refractivity contribution in [3.63, 3.8) is 0 Å². The number of nitriles is 1. The van der Waals surface area contributed by atoms with Crippen LogP contribution in [0.4, 0.5) is 0 Å². The summed E-state index contributed by atoms with van der Waals surface area (Å²) in [5, 5.41) is 8.58. The summed E-state index contributed by atoms with van der Waals surface area (Å²) in [6, 6.07) is 1.75. The van der Waals surface area contributed by atoms with E-state index in [2.05, 4.69) is 4.98 Å². The van der Waals surface area contributed by atoms with E-state index in [4.69, 9.17) is 19.5 Å². The molecular formula is C16H17N3O7. The van der Waals surface area contributed by atoms with Crippen LogP contribution in [0.2, 0.25) is 0 Å². The van der Waals surface area contributed by atoms with Crippen LogP contribution in [0.25, 0.3) is 6.08 Å². The molecule has 10 heteroatoms. The van der Waals surface area contributed by atoms with Crippen molar-refractivity contribution in [3.8, 4) is 6.07 Å². The first kappa shape index (κ1) is 19.1. The van der Waals surface area contributed by atoms with E-state index in [0.29, 0.717) is 0 Å². The molecule has 138 valence electrons. The normalized spacial score (nSPS) is 22.1. The zero-order chi connectivity index (χ0) is 19.3. The summed E-state index contributed by atoms with van der Waals surface area (Å²) in [4.78, 5) is 48.3. The second-order valence-corrected chi connectivity index (χ2v) is 5.53. The Labute approximate surface area is 147 Å². The lowest BCUT2D eigenvalue weighted by Crippen LogP contribution is -2.33. The van der Waals surface area contributed by atoms with Gasteiger partial charge in [-0.15, -0.1) is 0 Å². The number of aromatic amines is 1. The third-order valence-corrected chi connectivity index (χ3v) is 3.59. The van der Waals surface area contributed by atoms with Gasteiger partial charge in [0.15, 0.2) is 0 Å². The highest BCUT2D eigenvalue weighted by molar-refractivity contribution is 5.66. The first-order valence-electron chi connectivity index (χ1n) is 7.69. The quantitative estimate of drug-likeness (QED) is 0.563. The van der Waals surface area contributed by atoms with E-state index in [1.807, 2.05) is 0 Å². The number of esters is 2. The van der Waals surface area contributed by atoms with Gasteiger partial charge in [-0.2, -0.15) is 5.26 Å². The number of carbonyl (C=O) groups excluding carboxylic acids is 2. The van der Waals surface area contributed by atoms with Crippen LogP contribution in [0.1, 0.15) is 32.1 Å². The van der Waals surface area contributed by atoms with Gasteiger partial charge in [0.25, 0.3) is 5.56 Å². The second kappa shape index (κ2) is 8.26. The molecule has 26 heavy (non-hydrogen) atoms. The van der Waals surface area contributed by atoms with Crippen LogP contribution >= 0.6 is 0 Å². The number of nitrogens with zero attached hydrogens (tertiary/aromatic N) is 2. The molecular weight excluding hydrogens is 346 g/mol. The number of rotatable bonds is 5. The van der Waals surface area contributed by atoms with Crippen molar-refractivity contribution in [1.82, 2.24) is 9.55 Å². The number of nitrogens with one attached hydrogen (secondary N) is 1. The fourth-order valence-corrected chi connectivity index (χ4v) is 2.52. The predicted octanol–water partition coefficient (Wildman–Crippen LogP) is -0.144. The maximum absolute atomic E-state index is 12.1. The fraction of sp³-hybridized carbons (Fsp3) is 0.438. The summed E-state index contributed by atoms with van der Waals surface area (Å²) >= 11 is 0. The van der Waals surface area contributed by atoms with E-state index in [0.717, 1.165) is 10.6 Å². The Kier molecular flexibility index (Phi) is 6.08. The van der Waals surface area contributed by atoms with Crippen LogP contribution in [0.5, 0.6) is 0 Å². The molecule has 1 N–H and O–H groups in total. The van der Waals surface area contributed by atoms with Gasteiger partial charge >= 0.3 is 17.6 Å². The van der Waals surface area contributed by atoms with E-state index in [-0.39, 0.29) is 18.6 Å². The molecule has 3 atom stereocenters. The van der Waals surface area contributed by atoms with Crippen LogP contribution < -0.4 is 11.2 Å². The molecule has 0 unspecified atom stereocenters. The number of ether oxygens (including phenoxy) is 3. The molecule has 0 amide bonds. The highest BCUT2D eigenvalue weighted by Crippen LogP contribution is 2.30. The Morgan fingerprint density at radius 2 is 2.15 bits per heavy atom. The van der Waals surface area contributed by atoms with Gasteiger partial charge in [0.2, 0.25) is 0 Å². The minimum atomic E-state index is -0.849. The van der Waals surface area contributed by atoms with Gasteiger partial charge < -0.3 is 14.2 Å². The lowest BCUT2D eigenvalue weighted by Gasteiger charge is -2.17. The maximum atomic E-state index is 12.1. The van der Waals surface area contributed by atoms with Crippen molar-refractivity contribution in [2.75, 3.05) is 6.61 Å².